The first-order valence-corrected chi connectivity index (χ1v) is 7.74. The smallest absolute Gasteiger partial charge is 0.0172 e. The standard InChI is InChI=1S/C19H31N/c1-14(2)17(13-20-15(3)4)12-16-8-10-18(11-9-16)19(5,6)7/h8-12,14-15,20H,13H2,1-7H3. The van der Waals surface area contributed by atoms with Crippen molar-refractivity contribution in [1.29, 1.82) is 0 Å². The molecule has 1 heteroatoms. The molecule has 1 N–H and O–H groups in total. The number of hydrogen-bond donors (Lipinski definition) is 1. The molecule has 0 unspecified atom stereocenters. The molecule has 0 saturated heterocycles. The summed E-state index contributed by atoms with van der Waals surface area (Å²) >= 11 is 0. The summed E-state index contributed by atoms with van der Waals surface area (Å²) in [5.74, 6) is 0.573. The molecule has 0 fully saturated rings. The van der Waals surface area contributed by atoms with E-state index in [0.29, 0.717) is 12.0 Å². The third-order valence-corrected chi connectivity index (χ3v) is 3.58. The van der Waals surface area contributed by atoms with E-state index >= 15 is 0 Å². The second-order valence-electron chi connectivity index (χ2n) is 7.28. The average Bonchev–Trinajstić information content (AvgIpc) is 2.33. The van der Waals surface area contributed by atoms with Crippen molar-refractivity contribution in [2.45, 2.75) is 59.9 Å². The molecule has 0 aliphatic rings. The molecular formula is C19H31N. The minimum absolute atomic E-state index is 0.225. The fourth-order valence-electron chi connectivity index (χ4n) is 2.04. The number of hydrogen-bond acceptors (Lipinski definition) is 1. The van der Waals surface area contributed by atoms with Crippen molar-refractivity contribution >= 4 is 6.08 Å². The van der Waals surface area contributed by atoms with Crippen LogP contribution in [0.4, 0.5) is 0 Å². The van der Waals surface area contributed by atoms with E-state index in [1.54, 1.807) is 0 Å². The van der Waals surface area contributed by atoms with Crippen molar-refractivity contribution in [2.75, 3.05) is 6.54 Å². The molecule has 0 spiro atoms. The van der Waals surface area contributed by atoms with Gasteiger partial charge in [-0.15, -0.1) is 0 Å². The summed E-state index contributed by atoms with van der Waals surface area (Å²) in [7, 11) is 0. The lowest BCUT2D eigenvalue weighted by Gasteiger charge is -2.19. The summed E-state index contributed by atoms with van der Waals surface area (Å²) < 4.78 is 0. The van der Waals surface area contributed by atoms with Crippen LogP contribution in [0.15, 0.2) is 29.8 Å². The second kappa shape index (κ2) is 7.08. The summed E-state index contributed by atoms with van der Waals surface area (Å²) in [5.41, 5.74) is 4.37. The lowest BCUT2D eigenvalue weighted by molar-refractivity contribution is 0.590. The molecule has 112 valence electrons. The quantitative estimate of drug-likeness (QED) is 0.794. The van der Waals surface area contributed by atoms with Crippen LogP contribution in [-0.2, 0) is 5.41 Å². The summed E-state index contributed by atoms with van der Waals surface area (Å²) in [6.07, 6.45) is 2.33. The van der Waals surface area contributed by atoms with Crippen molar-refractivity contribution in [1.82, 2.24) is 5.32 Å². The van der Waals surface area contributed by atoms with Crippen LogP contribution in [0.25, 0.3) is 6.08 Å². The molecule has 0 heterocycles. The Balaban J connectivity index is 2.89. The first kappa shape index (κ1) is 17.0. The van der Waals surface area contributed by atoms with Gasteiger partial charge >= 0.3 is 0 Å². The van der Waals surface area contributed by atoms with E-state index in [2.05, 4.69) is 84.1 Å². The predicted molar refractivity (Wildman–Crippen MR) is 91.1 cm³/mol. The molecular weight excluding hydrogens is 242 g/mol. The monoisotopic (exact) mass is 273 g/mol. The molecule has 0 saturated carbocycles. The molecule has 1 nitrogen and oxygen atoms in total. The highest BCUT2D eigenvalue weighted by Gasteiger charge is 2.12. The van der Waals surface area contributed by atoms with Crippen LogP contribution in [0.1, 0.15) is 59.6 Å². The van der Waals surface area contributed by atoms with Crippen molar-refractivity contribution in [3.05, 3.63) is 41.0 Å². The van der Waals surface area contributed by atoms with Crippen molar-refractivity contribution < 1.29 is 0 Å². The van der Waals surface area contributed by atoms with Gasteiger partial charge < -0.3 is 5.32 Å². The van der Waals surface area contributed by atoms with Gasteiger partial charge in [0.2, 0.25) is 0 Å². The Labute approximate surface area is 125 Å². The largest absolute Gasteiger partial charge is 0.311 e. The minimum atomic E-state index is 0.225. The predicted octanol–water partition coefficient (Wildman–Crippen LogP) is 5.02. The number of benzene rings is 1. The fourth-order valence-corrected chi connectivity index (χ4v) is 2.04. The van der Waals surface area contributed by atoms with Gasteiger partial charge in [0.05, 0.1) is 0 Å². The van der Waals surface area contributed by atoms with Crippen LogP contribution in [0.3, 0.4) is 0 Å². The van der Waals surface area contributed by atoms with Gasteiger partial charge in [0.15, 0.2) is 0 Å². The van der Waals surface area contributed by atoms with E-state index in [9.17, 15) is 0 Å². The van der Waals surface area contributed by atoms with Crippen LogP contribution >= 0.6 is 0 Å². The third kappa shape index (κ3) is 5.50. The molecule has 1 rings (SSSR count). The van der Waals surface area contributed by atoms with Crippen molar-refractivity contribution in [3.63, 3.8) is 0 Å². The Morgan fingerprint density at radius 3 is 2.00 bits per heavy atom. The van der Waals surface area contributed by atoms with E-state index in [4.69, 9.17) is 0 Å². The van der Waals surface area contributed by atoms with Gasteiger partial charge in [-0.2, -0.15) is 0 Å². The molecule has 20 heavy (non-hydrogen) atoms. The lowest BCUT2D eigenvalue weighted by Crippen LogP contribution is -2.26. The summed E-state index contributed by atoms with van der Waals surface area (Å²) in [4.78, 5) is 0. The first-order chi connectivity index (χ1) is 9.20. The van der Waals surface area contributed by atoms with Gasteiger partial charge in [-0.05, 0) is 22.5 Å². The Hall–Kier alpha value is -1.08. The molecule has 0 aromatic heterocycles. The zero-order valence-electron chi connectivity index (χ0n) is 14.2. The van der Waals surface area contributed by atoms with E-state index < -0.39 is 0 Å². The van der Waals surface area contributed by atoms with Crippen LogP contribution in [0.2, 0.25) is 0 Å². The van der Waals surface area contributed by atoms with Crippen LogP contribution in [0.5, 0.6) is 0 Å². The van der Waals surface area contributed by atoms with Gasteiger partial charge in [-0.25, -0.2) is 0 Å². The van der Waals surface area contributed by atoms with E-state index in [1.807, 2.05) is 0 Å². The van der Waals surface area contributed by atoms with Crippen molar-refractivity contribution in [2.24, 2.45) is 5.92 Å². The van der Waals surface area contributed by atoms with Crippen LogP contribution in [-0.4, -0.2) is 12.6 Å². The maximum atomic E-state index is 3.51. The molecule has 0 bridgehead atoms. The SMILES string of the molecule is CC(C)NCC(=Cc1ccc(C(C)(C)C)cc1)C(C)C. The van der Waals surface area contributed by atoms with Crippen molar-refractivity contribution in [3.8, 4) is 0 Å². The van der Waals surface area contributed by atoms with E-state index in [0.717, 1.165) is 6.54 Å². The highest BCUT2D eigenvalue weighted by atomic mass is 14.9. The Morgan fingerprint density at radius 1 is 1.05 bits per heavy atom. The summed E-state index contributed by atoms with van der Waals surface area (Å²) in [6.45, 7) is 16.6. The first-order valence-electron chi connectivity index (χ1n) is 7.74. The van der Waals surface area contributed by atoms with Gasteiger partial charge in [0, 0.05) is 12.6 Å². The topological polar surface area (TPSA) is 12.0 Å². The summed E-state index contributed by atoms with van der Waals surface area (Å²) in [6, 6.07) is 9.50. The highest BCUT2D eigenvalue weighted by Crippen LogP contribution is 2.23. The van der Waals surface area contributed by atoms with Gasteiger partial charge in [-0.3, -0.25) is 0 Å². The Morgan fingerprint density at radius 2 is 1.60 bits per heavy atom. The van der Waals surface area contributed by atoms with Gasteiger partial charge in [-0.1, -0.05) is 84.4 Å². The zero-order chi connectivity index (χ0) is 15.3. The normalized spacial score (nSPS) is 13.3. The number of rotatable bonds is 5. The molecule has 0 aliphatic heterocycles. The molecule has 0 aliphatic carbocycles. The molecule has 0 amide bonds. The molecule has 1 aromatic carbocycles. The van der Waals surface area contributed by atoms with Crippen LogP contribution in [0, 0.1) is 5.92 Å². The minimum Gasteiger partial charge on any atom is -0.311 e. The zero-order valence-corrected chi connectivity index (χ0v) is 14.2. The van der Waals surface area contributed by atoms with Crippen LogP contribution < -0.4 is 5.32 Å². The summed E-state index contributed by atoms with van der Waals surface area (Å²) in [5, 5.41) is 3.51. The molecule has 1 aromatic rings. The average molecular weight is 273 g/mol. The Kier molecular flexibility index (Phi) is 6.01. The van der Waals surface area contributed by atoms with Gasteiger partial charge in [0.25, 0.3) is 0 Å². The fraction of sp³-hybridized carbons (Fsp3) is 0.579. The maximum Gasteiger partial charge on any atom is 0.0172 e. The number of nitrogens with one attached hydrogen (secondary N) is 1. The third-order valence-electron chi connectivity index (χ3n) is 3.58. The maximum absolute atomic E-state index is 3.51. The Bertz CT molecular complexity index is 430. The molecule has 0 atom stereocenters. The van der Waals surface area contributed by atoms with E-state index in [1.165, 1.54) is 16.7 Å². The lowest BCUT2D eigenvalue weighted by atomic mass is 9.86. The highest BCUT2D eigenvalue weighted by molar-refractivity contribution is 5.54. The van der Waals surface area contributed by atoms with Gasteiger partial charge in [0.1, 0.15) is 0 Å². The second-order valence-corrected chi connectivity index (χ2v) is 7.28. The van der Waals surface area contributed by atoms with E-state index in [-0.39, 0.29) is 5.41 Å². The molecule has 0 radical (unpaired) electrons.